The Morgan fingerprint density at radius 3 is 2.59 bits per heavy atom. The van der Waals surface area contributed by atoms with E-state index in [0.29, 0.717) is 11.8 Å². The van der Waals surface area contributed by atoms with Gasteiger partial charge in [0.2, 0.25) is 5.76 Å². The van der Waals surface area contributed by atoms with E-state index in [9.17, 15) is 18.3 Å². The number of aliphatic hydroxyl groups excluding tert-OH is 1. The van der Waals surface area contributed by atoms with Crippen molar-refractivity contribution in [2.75, 3.05) is 0 Å². The molecule has 1 atom stereocenters. The van der Waals surface area contributed by atoms with E-state index in [-0.39, 0.29) is 5.58 Å². The summed E-state index contributed by atoms with van der Waals surface area (Å²) in [6.45, 7) is 1.63. The zero-order valence-electron chi connectivity index (χ0n) is 9.08. The summed E-state index contributed by atoms with van der Waals surface area (Å²) in [7, 11) is 0. The Labute approximate surface area is 95.7 Å². The number of hydrogen-bond donors (Lipinski definition) is 1. The third kappa shape index (κ3) is 2.61. The van der Waals surface area contributed by atoms with Gasteiger partial charge in [-0.1, -0.05) is 6.07 Å². The van der Waals surface area contributed by atoms with E-state index in [1.165, 1.54) is 6.07 Å². The van der Waals surface area contributed by atoms with Crippen molar-refractivity contribution in [1.82, 2.24) is 0 Å². The molecular formula is C12H11F3O2. The molecule has 1 aromatic heterocycles. The molecule has 2 rings (SSSR count). The van der Waals surface area contributed by atoms with Crippen LogP contribution in [0.1, 0.15) is 18.2 Å². The molecule has 1 N–H and O–H groups in total. The number of aliphatic hydroxyl groups is 1. The van der Waals surface area contributed by atoms with Crippen LogP contribution in [0.2, 0.25) is 0 Å². The SMILES string of the molecule is CC(O)Cc1ccc2oc(C(F)(F)F)cc2c1. The summed E-state index contributed by atoms with van der Waals surface area (Å²) in [4.78, 5) is 0. The highest BCUT2D eigenvalue weighted by molar-refractivity contribution is 5.78. The summed E-state index contributed by atoms with van der Waals surface area (Å²) in [6.07, 6.45) is -4.59. The van der Waals surface area contributed by atoms with Crippen molar-refractivity contribution >= 4 is 11.0 Å². The minimum absolute atomic E-state index is 0.201. The van der Waals surface area contributed by atoms with Crippen molar-refractivity contribution < 1.29 is 22.7 Å². The van der Waals surface area contributed by atoms with E-state index in [1.54, 1.807) is 19.1 Å². The molecule has 0 radical (unpaired) electrons. The molecule has 0 aliphatic carbocycles. The standard InChI is InChI=1S/C12H11F3O2/c1-7(16)4-8-2-3-10-9(5-8)6-11(17-10)12(13,14)15/h2-3,5-7,16H,4H2,1H3. The second-order valence-corrected chi connectivity index (χ2v) is 4.03. The van der Waals surface area contributed by atoms with Gasteiger partial charge in [0.15, 0.2) is 0 Å². The molecule has 0 aliphatic heterocycles. The highest BCUT2D eigenvalue weighted by atomic mass is 19.4. The number of benzene rings is 1. The van der Waals surface area contributed by atoms with Crippen LogP contribution in [0.5, 0.6) is 0 Å². The third-order valence-electron chi connectivity index (χ3n) is 2.39. The maximum absolute atomic E-state index is 12.4. The van der Waals surface area contributed by atoms with Crippen LogP contribution in [0.25, 0.3) is 11.0 Å². The summed E-state index contributed by atoms with van der Waals surface area (Å²) < 4.78 is 41.9. The van der Waals surface area contributed by atoms with Crippen LogP contribution in [0.4, 0.5) is 13.2 Å². The number of fused-ring (bicyclic) bond motifs is 1. The lowest BCUT2D eigenvalue weighted by Crippen LogP contribution is -2.03. The molecule has 5 heteroatoms. The van der Waals surface area contributed by atoms with E-state index < -0.39 is 18.0 Å². The van der Waals surface area contributed by atoms with Gasteiger partial charge in [-0.05, 0) is 37.1 Å². The van der Waals surface area contributed by atoms with Crippen molar-refractivity contribution in [1.29, 1.82) is 0 Å². The minimum Gasteiger partial charge on any atom is -0.452 e. The van der Waals surface area contributed by atoms with E-state index in [0.717, 1.165) is 11.6 Å². The first-order valence-electron chi connectivity index (χ1n) is 5.14. The fourth-order valence-electron chi connectivity index (χ4n) is 1.70. The van der Waals surface area contributed by atoms with Gasteiger partial charge in [-0.2, -0.15) is 13.2 Å². The zero-order chi connectivity index (χ0) is 12.6. The maximum atomic E-state index is 12.4. The molecule has 17 heavy (non-hydrogen) atoms. The van der Waals surface area contributed by atoms with E-state index in [2.05, 4.69) is 0 Å². The Morgan fingerprint density at radius 1 is 1.29 bits per heavy atom. The first-order valence-corrected chi connectivity index (χ1v) is 5.14. The van der Waals surface area contributed by atoms with Gasteiger partial charge in [0.05, 0.1) is 6.10 Å². The molecule has 2 aromatic rings. The summed E-state index contributed by atoms with van der Waals surface area (Å²) >= 11 is 0. The van der Waals surface area contributed by atoms with Gasteiger partial charge in [-0.25, -0.2) is 0 Å². The summed E-state index contributed by atoms with van der Waals surface area (Å²) in [6, 6.07) is 5.71. The molecule has 2 nitrogen and oxygen atoms in total. The van der Waals surface area contributed by atoms with E-state index >= 15 is 0 Å². The molecule has 0 aliphatic rings. The largest absolute Gasteiger partial charge is 0.452 e. The topological polar surface area (TPSA) is 33.4 Å². The number of alkyl halides is 3. The van der Waals surface area contributed by atoms with Crippen LogP contribution in [0.3, 0.4) is 0 Å². The van der Waals surface area contributed by atoms with Crippen LogP contribution < -0.4 is 0 Å². The van der Waals surface area contributed by atoms with Gasteiger partial charge < -0.3 is 9.52 Å². The Balaban J connectivity index is 2.41. The summed E-state index contributed by atoms with van der Waals surface area (Å²) in [5.41, 5.74) is 0.980. The lowest BCUT2D eigenvalue weighted by atomic mass is 10.1. The highest BCUT2D eigenvalue weighted by Gasteiger charge is 2.35. The Bertz CT molecular complexity index is 526. The Morgan fingerprint density at radius 2 is 2.00 bits per heavy atom. The zero-order valence-corrected chi connectivity index (χ0v) is 9.08. The lowest BCUT2D eigenvalue weighted by Gasteiger charge is -2.03. The molecule has 0 spiro atoms. The van der Waals surface area contributed by atoms with Gasteiger partial charge in [0.25, 0.3) is 0 Å². The van der Waals surface area contributed by atoms with Gasteiger partial charge in [-0.3, -0.25) is 0 Å². The molecule has 0 amide bonds. The van der Waals surface area contributed by atoms with Crippen LogP contribution in [0.15, 0.2) is 28.7 Å². The molecule has 0 fully saturated rings. The first kappa shape index (κ1) is 12.0. The van der Waals surface area contributed by atoms with Crippen molar-refractivity contribution in [3.8, 4) is 0 Å². The number of halogens is 3. The predicted octanol–water partition coefficient (Wildman–Crippen LogP) is 3.37. The smallest absolute Gasteiger partial charge is 0.449 e. The average molecular weight is 244 g/mol. The van der Waals surface area contributed by atoms with Gasteiger partial charge in [-0.15, -0.1) is 0 Å². The number of furan rings is 1. The molecule has 1 heterocycles. The predicted molar refractivity (Wildman–Crippen MR) is 56.6 cm³/mol. The van der Waals surface area contributed by atoms with Crippen molar-refractivity contribution in [2.24, 2.45) is 0 Å². The summed E-state index contributed by atoms with van der Waals surface area (Å²) in [5, 5.41) is 9.61. The second kappa shape index (κ2) is 4.07. The second-order valence-electron chi connectivity index (χ2n) is 4.03. The number of rotatable bonds is 2. The van der Waals surface area contributed by atoms with Crippen LogP contribution in [-0.4, -0.2) is 11.2 Å². The average Bonchev–Trinajstić information content (AvgIpc) is 2.58. The maximum Gasteiger partial charge on any atom is 0.449 e. The Kier molecular flexibility index (Phi) is 2.87. The molecule has 0 bridgehead atoms. The fraction of sp³-hybridized carbons (Fsp3) is 0.333. The molecular weight excluding hydrogens is 233 g/mol. The monoisotopic (exact) mass is 244 g/mol. The van der Waals surface area contributed by atoms with Crippen molar-refractivity contribution in [3.63, 3.8) is 0 Å². The van der Waals surface area contributed by atoms with E-state index in [4.69, 9.17) is 4.42 Å². The first-order chi connectivity index (χ1) is 7.86. The van der Waals surface area contributed by atoms with E-state index in [1.807, 2.05) is 0 Å². The molecule has 92 valence electrons. The van der Waals surface area contributed by atoms with Crippen LogP contribution >= 0.6 is 0 Å². The van der Waals surface area contributed by atoms with Gasteiger partial charge in [0, 0.05) is 5.39 Å². The third-order valence-corrected chi connectivity index (χ3v) is 2.39. The summed E-state index contributed by atoms with van der Waals surface area (Å²) in [5.74, 6) is -0.998. The molecule has 1 unspecified atom stereocenters. The Hall–Kier alpha value is -1.49. The van der Waals surface area contributed by atoms with Gasteiger partial charge in [0.1, 0.15) is 5.58 Å². The minimum atomic E-state index is -4.47. The molecule has 0 saturated carbocycles. The fourth-order valence-corrected chi connectivity index (χ4v) is 1.70. The van der Waals surface area contributed by atoms with Crippen molar-refractivity contribution in [2.45, 2.75) is 25.6 Å². The van der Waals surface area contributed by atoms with Crippen LogP contribution in [0, 0.1) is 0 Å². The van der Waals surface area contributed by atoms with Crippen LogP contribution in [-0.2, 0) is 12.6 Å². The van der Waals surface area contributed by atoms with Gasteiger partial charge >= 0.3 is 6.18 Å². The lowest BCUT2D eigenvalue weighted by molar-refractivity contribution is -0.152. The normalized spacial score (nSPS) is 14.2. The highest BCUT2D eigenvalue weighted by Crippen LogP contribution is 2.34. The molecule has 0 saturated heterocycles. The quantitative estimate of drug-likeness (QED) is 0.878. The van der Waals surface area contributed by atoms with Crippen molar-refractivity contribution in [3.05, 3.63) is 35.6 Å². The molecule has 1 aromatic carbocycles. The number of hydrogen-bond acceptors (Lipinski definition) is 2.